The fourth-order valence-corrected chi connectivity index (χ4v) is 6.05. The molecule has 0 spiro atoms. The normalized spacial score (nSPS) is 28.2. The van der Waals surface area contributed by atoms with Gasteiger partial charge < -0.3 is 14.4 Å². The quantitative estimate of drug-likeness (QED) is 0.269. The van der Waals surface area contributed by atoms with Crippen LogP contribution in [0.4, 0.5) is 11.4 Å². The standard InChI is InChI=1S/C28H26N2O6/c1-2-35-21-10-8-19(9-11-21)29-15-18(13-23(29)31)28(34)36-22-5-3-4-20(14-22)30-26(32)24-16-6-7-17(12-16)25(24)27(30)33/h3-11,14,16-18,24-25H,2,12-13,15H2,1H3/t16-,17-,18+,24-,25+/m0/s1. The fourth-order valence-electron chi connectivity index (χ4n) is 6.05. The highest BCUT2D eigenvalue weighted by Crippen LogP contribution is 2.53. The van der Waals surface area contributed by atoms with Gasteiger partial charge in [-0.3, -0.25) is 19.2 Å². The van der Waals surface area contributed by atoms with E-state index in [0.29, 0.717) is 23.7 Å². The number of fused-ring (bicyclic) bond motifs is 5. The molecule has 2 aliphatic carbocycles. The summed E-state index contributed by atoms with van der Waals surface area (Å²) in [5, 5.41) is 0. The second kappa shape index (κ2) is 8.62. The van der Waals surface area contributed by atoms with Gasteiger partial charge >= 0.3 is 5.97 Å². The van der Waals surface area contributed by atoms with E-state index in [1.165, 1.54) is 4.90 Å². The molecule has 0 unspecified atom stereocenters. The maximum Gasteiger partial charge on any atom is 0.316 e. The molecule has 8 nitrogen and oxygen atoms in total. The molecule has 2 saturated heterocycles. The summed E-state index contributed by atoms with van der Waals surface area (Å²) < 4.78 is 11.0. The van der Waals surface area contributed by atoms with Crippen LogP contribution in [-0.2, 0) is 19.2 Å². The summed E-state index contributed by atoms with van der Waals surface area (Å²) in [4.78, 5) is 54.5. The topological polar surface area (TPSA) is 93.2 Å². The van der Waals surface area contributed by atoms with Crippen molar-refractivity contribution in [3.63, 3.8) is 0 Å². The Bertz CT molecular complexity index is 1260. The minimum Gasteiger partial charge on any atom is -0.494 e. The van der Waals surface area contributed by atoms with E-state index >= 15 is 0 Å². The number of carbonyl (C=O) groups excluding carboxylic acids is 4. The molecule has 2 aliphatic heterocycles. The lowest BCUT2D eigenvalue weighted by Crippen LogP contribution is -2.32. The molecule has 5 atom stereocenters. The van der Waals surface area contributed by atoms with Crippen molar-refractivity contribution >= 4 is 35.1 Å². The van der Waals surface area contributed by atoms with E-state index in [-0.39, 0.29) is 60.1 Å². The number of ether oxygens (including phenoxy) is 2. The molecule has 3 amide bonds. The van der Waals surface area contributed by atoms with Gasteiger partial charge in [-0.1, -0.05) is 18.2 Å². The SMILES string of the molecule is CCOc1ccc(N2C[C@H](C(=O)Oc3cccc(N4C(=O)[C@@H]5[C@H](C4=O)[C@H]4C=C[C@H]5C4)c3)CC2=O)cc1. The molecule has 0 aromatic heterocycles. The minimum atomic E-state index is -0.621. The van der Waals surface area contributed by atoms with E-state index in [2.05, 4.69) is 12.2 Å². The lowest BCUT2D eigenvalue weighted by atomic mass is 9.85. The zero-order valence-corrected chi connectivity index (χ0v) is 19.8. The van der Waals surface area contributed by atoms with Crippen LogP contribution < -0.4 is 19.3 Å². The van der Waals surface area contributed by atoms with E-state index in [0.717, 1.165) is 6.42 Å². The van der Waals surface area contributed by atoms with Crippen LogP contribution in [0.1, 0.15) is 19.8 Å². The van der Waals surface area contributed by atoms with Gasteiger partial charge in [-0.05, 0) is 61.6 Å². The van der Waals surface area contributed by atoms with E-state index in [4.69, 9.17) is 9.47 Å². The molecule has 2 heterocycles. The van der Waals surface area contributed by atoms with Crippen LogP contribution in [0.5, 0.6) is 11.5 Å². The zero-order chi connectivity index (χ0) is 25.0. The van der Waals surface area contributed by atoms with Crippen molar-refractivity contribution in [3.8, 4) is 11.5 Å². The number of rotatable bonds is 6. The molecule has 0 radical (unpaired) electrons. The highest BCUT2D eigenvalue weighted by molar-refractivity contribution is 6.22. The van der Waals surface area contributed by atoms with E-state index in [9.17, 15) is 19.2 Å². The molecule has 0 N–H and O–H groups in total. The van der Waals surface area contributed by atoms with Crippen molar-refractivity contribution < 1.29 is 28.7 Å². The van der Waals surface area contributed by atoms with Crippen LogP contribution in [0.3, 0.4) is 0 Å². The number of anilines is 2. The number of carbonyl (C=O) groups is 4. The summed E-state index contributed by atoms with van der Waals surface area (Å²) in [6.45, 7) is 2.67. The van der Waals surface area contributed by atoms with Gasteiger partial charge in [-0.25, -0.2) is 4.90 Å². The van der Waals surface area contributed by atoms with Crippen LogP contribution in [0.15, 0.2) is 60.7 Å². The van der Waals surface area contributed by atoms with Crippen LogP contribution >= 0.6 is 0 Å². The molecule has 2 aromatic carbocycles. The van der Waals surface area contributed by atoms with Crippen LogP contribution in [0.2, 0.25) is 0 Å². The van der Waals surface area contributed by atoms with E-state index in [1.807, 2.05) is 6.92 Å². The van der Waals surface area contributed by atoms with Gasteiger partial charge in [0.1, 0.15) is 11.5 Å². The first-order valence-corrected chi connectivity index (χ1v) is 12.4. The number of hydrogen-bond donors (Lipinski definition) is 0. The second-order valence-corrected chi connectivity index (χ2v) is 9.76. The third kappa shape index (κ3) is 3.59. The number of imide groups is 1. The number of esters is 1. The summed E-state index contributed by atoms with van der Waals surface area (Å²) >= 11 is 0. The summed E-state index contributed by atoms with van der Waals surface area (Å²) in [6.07, 6.45) is 5.02. The summed E-state index contributed by atoms with van der Waals surface area (Å²) in [5.41, 5.74) is 1.10. The Morgan fingerprint density at radius 2 is 1.61 bits per heavy atom. The number of allylic oxidation sites excluding steroid dienone is 2. The highest BCUT2D eigenvalue weighted by Gasteiger charge is 2.59. The molecule has 184 valence electrons. The van der Waals surface area contributed by atoms with Gasteiger partial charge in [0, 0.05) is 24.7 Å². The summed E-state index contributed by atoms with van der Waals surface area (Å²) in [7, 11) is 0. The molecule has 4 aliphatic rings. The summed E-state index contributed by atoms with van der Waals surface area (Å²) in [6, 6.07) is 13.7. The van der Waals surface area contributed by atoms with Crippen molar-refractivity contribution in [2.24, 2.45) is 29.6 Å². The van der Waals surface area contributed by atoms with E-state index < -0.39 is 11.9 Å². The Balaban J connectivity index is 1.14. The van der Waals surface area contributed by atoms with Gasteiger partial charge in [0.25, 0.3) is 0 Å². The monoisotopic (exact) mass is 486 g/mol. The number of nitrogens with zero attached hydrogens (tertiary/aromatic N) is 2. The Hall–Kier alpha value is -3.94. The summed E-state index contributed by atoms with van der Waals surface area (Å²) in [5.74, 6) is -1.05. The van der Waals surface area contributed by atoms with Crippen LogP contribution in [-0.4, -0.2) is 36.8 Å². The third-order valence-electron chi connectivity index (χ3n) is 7.68. The van der Waals surface area contributed by atoms with Gasteiger partial charge in [-0.15, -0.1) is 0 Å². The zero-order valence-electron chi connectivity index (χ0n) is 19.8. The van der Waals surface area contributed by atoms with Crippen molar-refractivity contribution in [1.82, 2.24) is 0 Å². The molecule has 1 saturated carbocycles. The maximum absolute atomic E-state index is 13.1. The lowest BCUT2D eigenvalue weighted by Gasteiger charge is -2.18. The Kier molecular flexibility index (Phi) is 5.39. The van der Waals surface area contributed by atoms with Gasteiger partial charge in [0.05, 0.1) is 30.0 Å². The van der Waals surface area contributed by atoms with E-state index in [1.54, 1.807) is 53.4 Å². The molecule has 8 heteroatoms. The van der Waals surface area contributed by atoms with Crippen molar-refractivity contribution in [3.05, 3.63) is 60.7 Å². The first-order valence-electron chi connectivity index (χ1n) is 12.4. The van der Waals surface area contributed by atoms with Crippen molar-refractivity contribution in [1.29, 1.82) is 0 Å². The highest BCUT2D eigenvalue weighted by atomic mass is 16.5. The lowest BCUT2D eigenvalue weighted by molar-refractivity contribution is -0.139. The van der Waals surface area contributed by atoms with Crippen molar-refractivity contribution in [2.75, 3.05) is 23.0 Å². The Morgan fingerprint density at radius 3 is 2.28 bits per heavy atom. The first-order chi connectivity index (χ1) is 17.4. The molecular weight excluding hydrogens is 460 g/mol. The largest absolute Gasteiger partial charge is 0.494 e. The fraction of sp³-hybridized carbons (Fsp3) is 0.357. The number of benzene rings is 2. The van der Waals surface area contributed by atoms with Crippen molar-refractivity contribution in [2.45, 2.75) is 19.8 Å². The van der Waals surface area contributed by atoms with Gasteiger partial charge in [0.2, 0.25) is 17.7 Å². The van der Waals surface area contributed by atoms with Gasteiger partial charge in [0.15, 0.2) is 0 Å². The smallest absolute Gasteiger partial charge is 0.316 e. The first kappa shape index (κ1) is 22.5. The number of hydrogen-bond acceptors (Lipinski definition) is 6. The molecule has 3 fully saturated rings. The second-order valence-electron chi connectivity index (χ2n) is 9.76. The Morgan fingerprint density at radius 1 is 0.917 bits per heavy atom. The minimum absolute atomic E-state index is 0.0496. The van der Waals surface area contributed by atoms with Crippen LogP contribution in [0, 0.1) is 29.6 Å². The Labute approximate surface area is 208 Å². The molecule has 2 aromatic rings. The predicted molar refractivity (Wildman–Crippen MR) is 130 cm³/mol. The molecule has 6 rings (SSSR count). The predicted octanol–water partition coefficient (Wildman–Crippen LogP) is 3.36. The maximum atomic E-state index is 13.1. The average molecular weight is 487 g/mol. The molecule has 36 heavy (non-hydrogen) atoms. The third-order valence-corrected chi connectivity index (χ3v) is 7.68. The number of amides is 3. The van der Waals surface area contributed by atoms with Gasteiger partial charge in [-0.2, -0.15) is 0 Å². The molecule has 2 bridgehead atoms. The molecular formula is C28H26N2O6. The van der Waals surface area contributed by atoms with Crippen LogP contribution in [0.25, 0.3) is 0 Å². The average Bonchev–Trinajstić information content (AvgIpc) is 3.63.